The largest absolute Gasteiger partial charge is 0.355 e. The molecule has 0 aliphatic rings. The minimum Gasteiger partial charge on any atom is -0.355 e. The molecule has 0 aromatic carbocycles. The normalized spacial score (nSPS) is 8.93. The van der Waals surface area contributed by atoms with Gasteiger partial charge >= 0.3 is 0 Å². The number of hydrogen-bond donors (Lipinski definition) is 4. The average molecular weight is 433 g/mol. The molecule has 0 spiro atoms. The van der Waals surface area contributed by atoms with Gasteiger partial charge in [0, 0.05) is 80.8 Å². The van der Waals surface area contributed by atoms with E-state index >= 15 is 0 Å². The molecule has 30 heavy (non-hydrogen) atoms. The van der Waals surface area contributed by atoms with Crippen LogP contribution in [0, 0.1) is 0 Å². The third kappa shape index (κ3) is 21.4. The van der Waals surface area contributed by atoms with E-state index in [9.17, 15) is 28.8 Å². The SMILES string of the molecule is CC(=O)N(CCN(C(C)=O)C(C)=O)C(C)=O.CC(=O)NCCNC(C)=O.NCCN. The summed E-state index contributed by atoms with van der Waals surface area (Å²) in [7, 11) is 0. The molecule has 0 aliphatic carbocycles. The van der Waals surface area contributed by atoms with Crippen LogP contribution in [0.5, 0.6) is 0 Å². The van der Waals surface area contributed by atoms with E-state index in [0.29, 0.717) is 26.2 Å². The highest BCUT2D eigenvalue weighted by Crippen LogP contribution is 1.96. The Morgan fingerprint density at radius 3 is 0.933 bits per heavy atom. The second-order valence-corrected chi connectivity index (χ2v) is 5.92. The zero-order valence-electron chi connectivity index (χ0n) is 18.7. The first-order valence-electron chi connectivity index (χ1n) is 9.28. The third-order valence-corrected chi connectivity index (χ3v) is 3.11. The van der Waals surface area contributed by atoms with Crippen molar-refractivity contribution in [2.24, 2.45) is 11.5 Å². The van der Waals surface area contributed by atoms with Crippen LogP contribution in [0.1, 0.15) is 41.5 Å². The number of carbonyl (C=O) groups excluding carboxylic acids is 6. The van der Waals surface area contributed by atoms with Crippen LogP contribution < -0.4 is 22.1 Å². The zero-order chi connectivity index (χ0) is 24.3. The molecule has 6 amide bonds. The van der Waals surface area contributed by atoms with Crippen molar-refractivity contribution in [3.63, 3.8) is 0 Å². The van der Waals surface area contributed by atoms with Crippen molar-refractivity contribution < 1.29 is 28.8 Å². The van der Waals surface area contributed by atoms with Gasteiger partial charge in [0.25, 0.3) is 0 Å². The molecule has 0 aromatic heterocycles. The third-order valence-electron chi connectivity index (χ3n) is 3.11. The van der Waals surface area contributed by atoms with E-state index in [-0.39, 0.29) is 24.9 Å². The van der Waals surface area contributed by atoms with Crippen molar-refractivity contribution >= 4 is 35.4 Å². The zero-order valence-corrected chi connectivity index (χ0v) is 18.7. The maximum atomic E-state index is 11.1. The maximum Gasteiger partial charge on any atom is 0.226 e. The lowest BCUT2D eigenvalue weighted by molar-refractivity contribution is -0.147. The highest BCUT2D eigenvalue weighted by molar-refractivity contribution is 5.94. The topological polar surface area (TPSA) is 185 Å². The summed E-state index contributed by atoms with van der Waals surface area (Å²) in [5.74, 6) is -1.77. The number of nitrogens with zero attached hydrogens (tertiary/aromatic N) is 2. The Bertz CT molecular complexity index is 504. The lowest BCUT2D eigenvalue weighted by Crippen LogP contribution is -2.43. The lowest BCUT2D eigenvalue weighted by Gasteiger charge is -2.22. The Balaban J connectivity index is -0.000000442. The molecule has 0 rings (SSSR count). The van der Waals surface area contributed by atoms with Gasteiger partial charge in [-0.3, -0.25) is 38.6 Å². The standard InChI is InChI=1S/C10H16N2O4.C6H12N2O2.C2H8N2/c1-7(13)11(8(2)14)5-6-12(9(3)15)10(4)16;1-5(9)7-3-4-8-6(2)10;3-1-2-4/h5-6H2,1-4H3;3-4H2,1-2H3,(H,7,9)(H,8,10);1-4H2. The van der Waals surface area contributed by atoms with Crippen molar-refractivity contribution in [1.29, 1.82) is 0 Å². The summed E-state index contributed by atoms with van der Waals surface area (Å²) in [5.41, 5.74) is 9.81. The molecule has 0 fully saturated rings. The first kappa shape index (κ1) is 31.8. The number of carbonyl (C=O) groups is 6. The highest BCUT2D eigenvalue weighted by atomic mass is 16.2. The fraction of sp³-hybridized carbons (Fsp3) is 0.667. The summed E-state index contributed by atoms with van der Waals surface area (Å²) in [6, 6.07) is 0. The molecular weight excluding hydrogens is 396 g/mol. The number of hydrogen-bond acceptors (Lipinski definition) is 8. The van der Waals surface area contributed by atoms with E-state index in [1.807, 2.05) is 0 Å². The second-order valence-electron chi connectivity index (χ2n) is 5.92. The average Bonchev–Trinajstić information content (AvgIpc) is 2.61. The van der Waals surface area contributed by atoms with Gasteiger partial charge < -0.3 is 22.1 Å². The molecule has 6 N–H and O–H groups in total. The van der Waals surface area contributed by atoms with Crippen LogP contribution in [-0.4, -0.2) is 84.5 Å². The van der Waals surface area contributed by atoms with Crippen LogP contribution in [0.15, 0.2) is 0 Å². The predicted molar refractivity (Wildman–Crippen MR) is 112 cm³/mol. The van der Waals surface area contributed by atoms with E-state index in [2.05, 4.69) is 10.6 Å². The Kier molecular flexibility index (Phi) is 20.6. The molecule has 174 valence electrons. The minimum absolute atomic E-state index is 0.0316. The smallest absolute Gasteiger partial charge is 0.226 e. The monoisotopic (exact) mass is 432 g/mol. The molecule has 0 atom stereocenters. The van der Waals surface area contributed by atoms with Gasteiger partial charge in [0.15, 0.2) is 0 Å². The van der Waals surface area contributed by atoms with Crippen molar-refractivity contribution in [3.8, 4) is 0 Å². The van der Waals surface area contributed by atoms with Gasteiger partial charge in [-0.15, -0.1) is 0 Å². The number of imide groups is 2. The summed E-state index contributed by atoms with van der Waals surface area (Å²) in [6.45, 7) is 10.2. The molecule has 0 bridgehead atoms. The maximum absolute atomic E-state index is 11.1. The van der Waals surface area contributed by atoms with Crippen molar-refractivity contribution in [3.05, 3.63) is 0 Å². The lowest BCUT2D eigenvalue weighted by atomic mass is 10.4. The van der Waals surface area contributed by atoms with Crippen LogP contribution in [0.2, 0.25) is 0 Å². The molecule has 0 radical (unpaired) electrons. The second kappa shape index (κ2) is 19.5. The predicted octanol–water partition coefficient (Wildman–Crippen LogP) is -2.06. The highest BCUT2D eigenvalue weighted by Gasteiger charge is 2.18. The number of nitrogens with one attached hydrogen (secondary N) is 2. The van der Waals surface area contributed by atoms with Crippen LogP contribution in [0.25, 0.3) is 0 Å². The van der Waals surface area contributed by atoms with E-state index in [4.69, 9.17) is 11.5 Å². The molecule has 0 unspecified atom stereocenters. The van der Waals surface area contributed by atoms with Gasteiger partial charge in [-0.2, -0.15) is 0 Å². The van der Waals surface area contributed by atoms with Crippen LogP contribution in [0.3, 0.4) is 0 Å². The molecule has 0 saturated heterocycles. The quantitative estimate of drug-likeness (QED) is 0.331. The minimum atomic E-state index is -0.403. The molecule has 0 aliphatic heterocycles. The Morgan fingerprint density at radius 1 is 0.567 bits per heavy atom. The van der Waals surface area contributed by atoms with Gasteiger partial charge in [-0.05, 0) is 0 Å². The van der Waals surface area contributed by atoms with Crippen molar-refractivity contribution in [1.82, 2.24) is 20.4 Å². The van der Waals surface area contributed by atoms with Gasteiger partial charge in [0.05, 0.1) is 0 Å². The Hall–Kier alpha value is -2.86. The van der Waals surface area contributed by atoms with Crippen molar-refractivity contribution in [2.75, 3.05) is 39.3 Å². The summed E-state index contributed by atoms with van der Waals surface area (Å²) in [5, 5.41) is 5.09. The van der Waals surface area contributed by atoms with E-state index in [0.717, 1.165) is 9.80 Å². The number of amides is 6. The molecular formula is C18H36N6O6. The number of nitrogens with two attached hydrogens (primary N) is 2. The fourth-order valence-corrected chi connectivity index (χ4v) is 1.75. The van der Waals surface area contributed by atoms with Crippen LogP contribution >= 0.6 is 0 Å². The van der Waals surface area contributed by atoms with Gasteiger partial charge in [0.1, 0.15) is 0 Å². The number of rotatable bonds is 7. The molecule has 0 saturated carbocycles. The molecule has 0 aromatic rings. The Labute approximate surface area is 177 Å². The molecule has 12 heteroatoms. The van der Waals surface area contributed by atoms with Gasteiger partial charge in [-0.1, -0.05) is 0 Å². The summed E-state index contributed by atoms with van der Waals surface area (Å²) in [4.78, 5) is 66.7. The molecule has 12 nitrogen and oxygen atoms in total. The summed E-state index contributed by atoms with van der Waals surface area (Å²) in [6.07, 6.45) is 0. The van der Waals surface area contributed by atoms with Gasteiger partial charge in [-0.25, -0.2) is 0 Å². The van der Waals surface area contributed by atoms with E-state index in [1.165, 1.54) is 41.5 Å². The first-order valence-corrected chi connectivity index (χ1v) is 9.28. The van der Waals surface area contributed by atoms with Gasteiger partial charge in [0.2, 0.25) is 35.4 Å². The van der Waals surface area contributed by atoms with Crippen LogP contribution in [-0.2, 0) is 28.8 Å². The molecule has 0 heterocycles. The van der Waals surface area contributed by atoms with Crippen LogP contribution in [0.4, 0.5) is 0 Å². The van der Waals surface area contributed by atoms with E-state index < -0.39 is 23.6 Å². The summed E-state index contributed by atoms with van der Waals surface area (Å²) < 4.78 is 0. The van der Waals surface area contributed by atoms with E-state index in [1.54, 1.807) is 0 Å². The first-order chi connectivity index (χ1) is 13.8. The summed E-state index contributed by atoms with van der Waals surface area (Å²) >= 11 is 0. The van der Waals surface area contributed by atoms with Crippen molar-refractivity contribution in [2.45, 2.75) is 41.5 Å². The Morgan fingerprint density at radius 2 is 0.800 bits per heavy atom. The fourth-order valence-electron chi connectivity index (χ4n) is 1.75.